The zero-order valence-electron chi connectivity index (χ0n) is 14.0. The second-order valence-corrected chi connectivity index (χ2v) is 5.89. The first kappa shape index (κ1) is 17.5. The van der Waals surface area contributed by atoms with E-state index in [4.69, 9.17) is 9.26 Å². The standard InChI is InChI=1S/C15H28N4O2/c1-7-16-14(18-10-15(4,5)20-6)17-9-12-8-13(11(2)3)19-21-12/h8,11H,7,9-10H2,1-6H3,(H2,16,17,18). The SMILES string of the molecule is CCNC(=NCc1cc(C(C)C)no1)NCC(C)(C)OC. The molecule has 1 heterocycles. The second kappa shape index (κ2) is 8.02. The van der Waals surface area contributed by atoms with E-state index in [1.54, 1.807) is 7.11 Å². The number of rotatable bonds is 7. The number of hydrogen-bond acceptors (Lipinski definition) is 4. The van der Waals surface area contributed by atoms with Gasteiger partial charge in [0.25, 0.3) is 0 Å². The first-order chi connectivity index (χ1) is 9.88. The molecule has 1 aromatic heterocycles. The molecule has 6 heteroatoms. The third kappa shape index (κ3) is 6.16. The van der Waals surface area contributed by atoms with Gasteiger partial charge in [-0.2, -0.15) is 0 Å². The Kier molecular flexibility index (Phi) is 6.68. The quantitative estimate of drug-likeness (QED) is 0.596. The Bertz CT molecular complexity index is 452. The molecule has 6 nitrogen and oxygen atoms in total. The number of aliphatic imine (C=N–C) groups is 1. The highest BCUT2D eigenvalue weighted by Gasteiger charge is 2.16. The van der Waals surface area contributed by atoms with Gasteiger partial charge in [0.15, 0.2) is 11.7 Å². The number of nitrogens with one attached hydrogen (secondary N) is 2. The molecule has 0 bridgehead atoms. The topological polar surface area (TPSA) is 71.7 Å². The van der Waals surface area contributed by atoms with E-state index >= 15 is 0 Å². The molecular weight excluding hydrogens is 268 g/mol. The minimum absolute atomic E-state index is 0.243. The average molecular weight is 296 g/mol. The van der Waals surface area contributed by atoms with Crippen LogP contribution in [0, 0.1) is 0 Å². The van der Waals surface area contributed by atoms with Crippen molar-refractivity contribution in [2.75, 3.05) is 20.2 Å². The van der Waals surface area contributed by atoms with Crippen LogP contribution >= 0.6 is 0 Å². The molecular formula is C15H28N4O2. The fourth-order valence-corrected chi connectivity index (χ4v) is 1.54. The summed E-state index contributed by atoms with van der Waals surface area (Å²) in [6.45, 7) is 12.2. The second-order valence-electron chi connectivity index (χ2n) is 5.89. The van der Waals surface area contributed by atoms with E-state index in [2.05, 4.69) is 34.6 Å². The first-order valence-corrected chi connectivity index (χ1v) is 7.40. The molecule has 0 radical (unpaired) electrons. The smallest absolute Gasteiger partial charge is 0.191 e. The fraction of sp³-hybridized carbons (Fsp3) is 0.733. The van der Waals surface area contributed by atoms with Crippen molar-refractivity contribution in [1.82, 2.24) is 15.8 Å². The summed E-state index contributed by atoms with van der Waals surface area (Å²) in [7, 11) is 1.70. The van der Waals surface area contributed by atoms with Crippen LogP contribution in [0.25, 0.3) is 0 Å². The number of nitrogens with zero attached hydrogens (tertiary/aromatic N) is 2. The van der Waals surface area contributed by atoms with Crippen molar-refractivity contribution in [3.63, 3.8) is 0 Å². The minimum Gasteiger partial charge on any atom is -0.377 e. The summed E-state index contributed by atoms with van der Waals surface area (Å²) >= 11 is 0. The zero-order chi connectivity index (χ0) is 15.9. The highest BCUT2D eigenvalue weighted by atomic mass is 16.5. The Morgan fingerprint density at radius 2 is 2.14 bits per heavy atom. The van der Waals surface area contributed by atoms with Crippen molar-refractivity contribution in [3.8, 4) is 0 Å². The molecule has 2 N–H and O–H groups in total. The summed E-state index contributed by atoms with van der Waals surface area (Å²) < 4.78 is 10.7. The van der Waals surface area contributed by atoms with Gasteiger partial charge in [-0.05, 0) is 26.7 Å². The van der Waals surface area contributed by atoms with Crippen LogP contribution in [0.2, 0.25) is 0 Å². The van der Waals surface area contributed by atoms with Crippen molar-refractivity contribution >= 4 is 5.96 Å². The maximum absolute atomic E-state index is 5.38. The van der Waals surface area contributed by atoms with E-state index in [0.717, 1.165) is 24.0 Å². The summed E-state index contributed by atoms with van der Waals surface area (Å²) in [5.74, 6) is 1.87. The number of ether oxygens (including phenoxy) is 1. The van der Waals surface area contributed by atoms with Gasteiger partial charge in [0.05, 0.1) is 11.3 Å². The molecule has 0 aliphatic carbocycles. The maximum Gasteiger partial charge on any atom is 0.191 e. The summed E-state index contributed by atoms with van der Waals surface area (Å²) in [6.07, 6.45) is 0. The molecule has 0 fully saturated rings. The summed E-state index contributed by atoms with van der Waals surface area (Å²) in [5.41, 5.74) is 0.714. The van der Waals surface area contributed by atoms with Crippen LogP contribution in [0.3, 0.4) is 0 Å². The molecule has 21 heavy (non-hydrogen) atoms. The summed E-state index contributed by atoms with van der Waals surface area (Å²) in [6, 6.07) is 1.96. The number of hydrogen-bond donors (Lipinski definition) is 2. The van der Waals surface area contributed by atoms with Crippen molar-refractivity contribution < 1.29 is 9.26 Å². The zero-order valence-corrected chi connectivity index (χ0v) is 14.0. The van der Waals surface area contributed by atoms with Gasteiger partial charge in [-0.1, -0.05) is 19.0 Å². The van der Waals surface area contributed by atoms with E-state index in [1.807, 2.05) is 26.8 Å². The minimum atomic E-state index is -0.243. The molecule has 0 aromatic carbocycles. The van der Waals surface area contributed by atoms with E-state index in [9.17, 15) is 0 Å². The van der Waals surface area contributed by atoms with Gasteiger partial charge < -0.3 is 19.9 Å². The molecule has 0 aliphatic rings. The third-order valence-corrected chi connectivity index (χ3v) is 3.14. The molecule has 0 saturated heterocycles. The number of methoxy groups -OCH3 is 1. The first-order valence-electron chi connectivity index (χ1n) is 7.40. The lowest BCUT2D eigenvalue weighted by molar-refractivity contribution is 0.0268. The molecule has 0 atom stereocenters. The molecule has 0 amide bonds. The van der Waals surface area contributed by atoms with Gasteiger partial charge in [-0.3, -0.25) is 0 Å². The fourth-order valence-electron chi connectivity index (χ4n) is 1.54. The summed E-state index contributed by atoms with van der Waals surface area (Å²) in [4.78, 5) is 4.50. The molecule has 0 spiro atoms. The molecule has 0 unspecified atom stereocenters. The third-order valence-electron chi connectivity index (χ3n) is 3.14. The van der Waals surface area contributed by atoms with E-state index in [-0.39, 0.29) is 5.60 Å². The van der Waals surface area contributed by atoms with Crippen molar-refractivity contribution in [2.24, 2.45) is 4.99 Å². The van der Waals surface area contributed by atoms with Gasteiger partial charge in [-0.15, -0.1) is 0 Å². The molecule has 120 valence electrons. The molecule has 1 rings (SSSR count). The molecule has 1 aromatic rings. The Hall–Kier alpha value is -1.56. The predicted octanol–water partition coefficient (Wildman–Crippen LogP) is 2.28. The van der Waals surface area contributed by atoms with Crippen LogP contribution in [0.4, 0.5) is 0 Å². The summed E-state index contributed by atoms with van der Waals surface area (Å²) in [5, 5.41) is 10.5. The number of guanidine groups is 1. The average Bonchev–Trinajstić information content (AvgIpc) is 2.91. The Labute approximate surface area is 127 Å². The van der Waals surface area contributed by atoms with E-state index < -0.39 is 0 Å². The van der Waals surface area contributed by atoms with Gasteiger partial charge in [0.2, 0.25) is 0 Å². The van der Waals surface area contributed by atoms with Gasteiger partial charge in [0, 0.05) is 26.3 Å². The normalized spacial score (nSPS) is 12.8. The Morgan fingerprint density at radius 3 is 2.67 bits per heavy atom. The lowest BCUT2D eigenvalue weighted by Gasteiger charge is -2.24. The Morgan fingerprint density at radius 1 is 1.43 bits per heavy atom. The van der Waals surface area contributed by atoms with E-state index in [0.29, 0.717) is 19.0 Å². The lowest BCUT2D eigenvalue weighted by atomic mass is 10.1. The highest BCUT2D eigenvalue weighted by molar-refractivity contribution is 5.79. The Balaban J connectivity index is 2.62. The van der Waals surface area contributed by atoms with Gasteiger partial charge >= 0.3 is 0 Å². The van der Waals surface area contributed by atoms with Crippen molar-refractivity contribution in [2.45, 2.75) is 52.7 Å². The largest absolute Gasteiger partial charge is 0.377 e. The van der Waals surface area contributed by atoms with Crippen LogP contribution in [0.1, 0.15) is 52.0 Å². The maximum atomic E-state index is 5.38. The van der Waals surface area contributed by atoms with Crippen LogP contribution in [0.5, 0.6) is 0 Å². The molecule has 0 saturated carbocycles. The van der Waals surface area contributed by atoms with Crippen LogP contribution < -0.4 is 10.6 Å². The highest BCUT2D eigenvalue weighted by Crippen LogP contribution is 2.14. The van der Waals surface area contributed by atoms with Crippen LogP contribution in [-0.2, 0) is 11.3 Å². The lowest BCUT2D eigenvalue weighted by Crippen LogP contribution is -2.45. The van der Waals surface area contributed by atoms with Gasteiger partial charge in [-0.25, -0.2) is 4.99 Å². The monoisotopic (exact) mass is 296 g/mol. The predicted molar refractivity (Wildman–Crippen MR) is 84.5 cm³/mol. The van der Waals surface area contributed by atoms with Crippen molar-refractivity contribution in [1.29, 1.82) is 0 Å². The van der Waals surface area contributed by atoms with Crippen molar-refractivity contribution in [3.05, 3.63) is 17.5 Å². The number of aromatic nitrogens is 1. The van der Waals surface area contributed by atoms with Gasteiger partial charge in [0.1, 0.15) is 6.54 Å². The van der Waals surface area contributed by atoms with Crippen LogP contribution in [-0.4, -0.2) is 36.9 Å². The van der Waals surface area contributed by atoms with Crippen LogP contribution in [0.15, 0.2) is 15.6 Å². The molecule has 0 aliphatic heterocycles. The van der Waals surface area contributed by atoms with E-state index in [1.165, 1.54) is 0 Å².